The SMILES string of the molecule is COc1ccc(Cn2cnc(=N)c3[nH]c(C(C)(C)COc4ccc(C(F)(F)F)cc4)nc32)cc1OC1CCCC1. The van der Waals surface area contributed by atoms with Crippen molar-refractivity contribution >= 4 is 11.2 Å². The molecule has 0 unspecified atom stereocenters. The third kappa shape index (κ3) is 5.93. The average molecular weight is 556 g/mol. The van der Waals surface area contributed by atoms with E-state index >= 15 is 0 Å². The zero-order chi connectivity index (χ0) is 28.5. The van der Waals surface area contributed by atoms with Gasteiger partial charge in [-0.2, -0.15) is 13.2 Å². The van der Waals surface area contributed by atoms with Gasteiger partial charge in [-0.15, -0.1) is 0 Å². The number of hydrogen-bond acceptors (Lipinski definition) is 6. The van der Waals surface area contributed by atoms with E-state index in [0.29, 0.717) is 40.8 Å². The van der Waals surface area contributed by atoms with Crippen LogP contribution in [0.3, 0.4) is 0 Å². The average Bonchev–Trinajstić information content (AvgIpc) is 3.61. The van der Waals surface area contributed by atoms with Crippen LogP contribution in [0.15, 0.2) is 48.8 Å². The molecule has 5 rings (SSSR count). The highest BCUT2D eigenvalue weighted by atomic mass is 19.4. The maximum atomic E-state index is 12.9. The Labute approximate surface area is 229 Å². The lowest BCUT2D eigenvalue weighted by atomic mass is 9.94. The van der Waals surface area contributed by atoms with Gasteiger partial charge in [0.05, 0.1) is 37.1 Å². The summed E-state index contributed by atoms with van der Waals surface area (Å²) >= 11 is 0. The van der Waals surface area contributed by atoms with Crippen molar-refractivity contribution in [2.45, 2.75) is 63.8 Å². The number of ether oxygens (including phenoxy) is 3. The van der Waals surface area contributed by atoms with E-state index in [1.807, 2.05) is 36.6 Å². The molecule has 0 spiro atoms. The van der Waals surface area contributed by atoms with Gasteiger partial charge in [0.15, 0.2) is 22.6 Å². The Bertz CT molecular complexity index is 1540. The number of rotatable bonds is 9. The van der Waals surface area contributed by atoms with E-state index < -0.39 is 17.2 Å². The molecule has 2 aromatic carbocycles. The van der Waals surface area contributed by atoms with Gasteiger partial charge in [-0.05, 0) is 81.5 Å². The first kappa shape index (κ1) is 27.5. The van der Waals surface area contributed by atoms with Gasteiger partial charge in [0.1, 0.15) is 23.7 Å². The number of benzene rings is 2. The second-order valence-electron chi connectivity index (χ2n) is 10.7. The number of aromatic amines is 1. The molecule has 0 atom stereocenters. The first-order valence-electron chi connectivity index (χ1n) is 13.2. The summed E-state index contributed by atoms with van der Waals surface area (Å²) in [4.78, 5) is 12.3. The predicted octanol–water partition coefficient (Wildman–Crippen LogP) is 5.99. The minimum Gasteiger partial charge on any atom is -0.493 e. The fourth-order valence-electron chi connectivity index (χ4n) is 4.79. The van der Waals surface area contributed by atoms with Gasteiger partial charge in [-0.25, -0.2) is 9.97 Å². The molecule has 212 valence electrons. The van der Waals surface area contributed by atoms with Crippen LogP contribution in [0.2, 0.25) is 0 Å². The highest BCUT2D eigenvalue weighted by Gasteiger charge is 2.31. The van der Waals surface area contributed by atoms with Crippen molar-refractivity contribution in [2.24, 2.45) is 0 Å². The van der Waals surface area contributed by atoms with Crippen LogP contribution in [0, 0.1) is 5.41 Å². The van der Waals surface area contributed by atoms with Gasteiger partial charge >= 0.3 is 6.18 Å². The second-order valence-corrected chi connectivity index (χ2v) is 10.7. The van der Waals surface area contributed by atoms with Crippen molar-refractivity contribution in [3.63, 3.8) is 0 Å². The molecule has 2 N–H and O–H groups in total. The molecule has 2 aromatic heterocycles. The highest BCUT2D eigenvalue weighted by molar-refractivity contribution is 5.69. The van der Waals surface area contributed by atoms with E-state index in [1.165, 1.54) is 25.0 Å². The van der Waals surface area contributed by atoms with Crippen LogP contribution in [0.25, 0.3) is 11.2 Å². The summed E-state index contributed by atoms with van der Waals surface area (Å²) in [6, 6.07) is 10.4. The Morgan fingerprint density at radius 3 is 2.45 bits per heavy atom. The molecule has 0 aliphatic heterocycles. The molecule has 8 nitrogen and oxygen atoms in total. The fourth-order valence-corrected chi connectivity index (χ4v) is 4.79. The molecule has 0 bridgehead atoms. The van der Waals surface area contributed by atoms with Crippen LogP contribution in [0.1, 0.15) is 56.5 Å². The van der Waals surface area contributed by atoms with Gasteiger partial charge < -0.3 is 23.8 Å². The van der Waals surface area contributed by atoms with Crippen LogP contribution in [0.5, 0.6) is 17.2 Å². The quantitative estimate of drug-likeness (QED) is 0.264. The maximum Gasteiger partial charge on any atom is 0.416 e. The molecular formula is C29H32F3N5O3. The van der Waals surface area contributed by atoms with Gasteiger partial charge in [0.2, 0.25) is 0 Å². The number of H-pyrrole nitrogens is 1. The Hall–Kier alpha value is -4.02. The number of nitrogens with zero attached hydrogens (tertiary/aromatic N) is 3. The lowest BCUT2D eigenvalue weighted by Gasteiger charge is -2.22. The van der Waals surface area contributed by atoms with Crippen molar-refractivity contribution < 1.29 is 27.4 Å². The van der Waals surface area contributed by atoms with E-state index in [2.05, 4.69) is 9.97 Å². The third-order valence-corrected chi connectivity index (χ3v) is 7.12. The molecule has 40 heavy (non-hydrogen) atoms. The highest BCUT2D eigenvalue weighted by Crippen LogP contribution is 2.33. The molecule has 1 aliphatic carbocycles. The first-order chi connectivity index (χ1) is 19.0. The summed E-state index contributed by atoms with van der Waals surface area (Å²) in [5.41, 5.74) is 0.695. The van der Waals surface area contributed by atoms with Crippen molar-refractivity contribution in [1.29, 1.82) is 5.41 Å². The van der Waals surface area contributed by atoms with Gasteiger partial charge in [-0.1, -0.05) is 6.07 Å². The number of halogens is 3. The van der Waals surface area contributed by atoms with E-state index in [0.717, 1.165) is 30.5 Å². The van der Waals surface area contributed by atoms with Gasteiger partial charge in [0, 0.05) is 0 Å². The fraction of sp³-hybridized carbons (Fsp3) is 0.414. The lowest BCUT2D eigenvalue weighted by Crippen LogP contribution is -2.27. The van der Waals surface area contributed by atoms with Crippen LogP contribution in [-0.4, -0.2) is 39.3 Å². The molecule has 0 radical (unpaired) electrons. The summed E-state index contributed by atoms with van der Waals surface area (Å²) in [7, 11) is 1.62. The third-order valence-electron chi connectivity index (χ3n) is 7.12. The smallest absolute Gasteiger partial charge is 0.416 e. The molecule has 0 saturated heterocycles. The van der Waals surface area contributed by atoms with Gasteiger partial charge in [-0.3, -0.25) is 5.41 Å². The molecular weight excluding hydrogens is 523 g/mol. The first-order valence-corrected chi connectivity index (χ1v) is 13.2. The van der Waals surface area contributed by atoms with Crippen LogP contribution in [-0.2, 0) is 18.1 Å². The predicted molar refractivity (Wildman–Crippen MR) is 143 cm³/mol. The number of imidazole rings is 1. The standard InChI is InChI=1S/C29H32F3N5O3/c1-28(2,16-39-20-11-9-19(10-12-20)29(30,31)32)27-35-24-25(33)34-17-37(26(24)36-27)15-18-8-13-22(38-3)23(14-18)40-21-6-4-5-7-21/h8-14,17,21,33H,4-7,15-16H2,1-3H3,(H,35,36). The van der Waals surface area contributed by atoms with E-state index in [-0.39, 0.29) is 18.2 Å². The van der Waals surface area contributed by atoms with E-state index in [4.69, 9.17) is 24.6 Å². The van der Waals surface area contributed by atoms with Crippen LogP contribution < -0.4 is 19.7 Å². The summed E-state index contributed by atoms with van der Waals surface area (Å²) in [5, 5.41) is 8.32. The van der Waals surface area contributed by atoms with Crippen molar-refractivity contribution in [3.05, 3.63) is 71.2 Å². The zero-order valence-corrected chi connectivity index (χ0v) is 22.6. The zero-order valence-electron chi connectivity index (χ0n) is 22.6. The Morgan fingerprint density at radius 1 is 1.05 bits per heavy atom. The van der Waals surface area contributed by atoms with Crippen molar-refractivity contribution in [1.82, 2.24) is 19.5 Å². The lowest BCUT2D eigenvalue weighted by molar-refractivity contribution is -0.137. The summed E-state index contributed by atoms with van der Waals surface area (Å²) in [6.07, 6.45) is 1.77. The Morgan fingerprint density at radius 2 is 1.77 bits per heavy atom. The molecule has 11 heteroatoms. The van der Waals surface area contributed by atoms with Crippen molar-refractivity contribution in [2.75, 3.05) is 13.7 Å². The molecule has 2 heterocycles. The number of methoxy groups -OCH3 is 1. The molecule has 4 aromatic rings. The Kier molecular flexibility index (Phi) is 7.48. The topological polar surface area (TPSA) is 98.0 Å². The molecule has 1 fully saturated rings. The molecule has 1 aliphatic rings. The number of hydrogen-bond donors (Lipinski definition) is 2. The monoisotopic (exact) mass is 555 g/mol. The minimum absolute atomic E-state index is 0.0597. The Balaban J connectivity index is 1.37. The number of aromatic nitrogens is 4. The summed E-state index contributed by atoms with van der Waals surface area (Å²) in [5.74, 6) is 2.29. The molecule has 0 amide bonds. The summed E-state index contributed by atoms with van der Waals surface area (Å²) in [6.45, 7) is 4.42. The normalized spacial score (nSPS) is 14.6. The number of fused-ring (bicyclic) bond motifs is 1. The van der Waals surface area contributed by atoms with Crippen LogP contribution in [0.4, 0.5) is 13.2 Å². The van der Waals surface area contributed by atoms with E-state index in [1.54, 1.807) is 13.4 Å². The van der Waals surface area contributed by atoms with E-state index in [9.17, 15) is 13.2 Å². The maximum absolute atomic E-state index is 12.9. The van der Waals surface area contributed by atoms with Gasteiger partial charge in [0.25, 0.3) is 0 Å². The second kappa shape index (κ2) is 10.9. The van der Waals surface area contributed by atoms with Crippen molar-refractivity contribution in [3.8, 4) is 17.2 Å². The summed E-state index contributed by atoms with van der Waals surface area (Å²) < 4.78 is 58.0. The number of alkyl halides is 3. The minimum atomic E-state index is -4.40. The number of nitrogens with one attached hydrogen (secondary N) is 2. The van der Waals surface area contributed by atoms with Crippen LogP contribution >= 0.6 is 0 Å². The largest absolute Gasteiger partial charge is 0.493 e. The molecule has 1 saturated carbocycles.